The lowest BCUT2D eigenvalue weighted by Gasteiger charge is -2.05. The van der Waals surface area contributed by atoms with Crippen molar-refractivity contribution in [2.75, 3.05) is 12.3 Å². The van der Waals surface area contributed by atoms with Gasteiger partial charge in [0.25, 0.3) is 0 Å². The van der Waals surface area contributed by atoms with Gasteiger partial charge in [-0.15, -0.1) is 11.3 Å². The molecular formula is C18H15N5O2S. The van der Waals surface area contributed by atoms with Crippen molar-refractivity contribution in [3.8, 4) is 16.3 Å². The lowest BCUT2D eigenvalue weighted by atomic mass is 10.2. The zero-order chi connectivity index (χ0) is 18.1. The molecule has 0 radical (unpaired) electrons. The van der Waals surface area contributed by atoms with E-state index in [0.29, 0.717) is 5.82 Å². The number of rotatable bonds is 4. The Morgan fingerprint density at radius 3 is 2.85 bits per heavy atom. The van der Waals surface area contributed by atoms with E-state index in [1.807, 2.05) is 36.4 Å². The fourth-order valence-electron chi connectivity index (χ4n) is 2.65. The Morgan fingerprint density at radius 2 is 2.08 bits per heavy atom. The van der Waals surface area contributed by atoms with Gasteiger partial charge in [0.2, 0.25) is 0 Å². The lowest BCUT2D eigenvalue weighted by Crippen LogP contribution is -2.09. The number of hydrogen-bond acceptors (Lipinski definition) is 7. The normalized spacial score (nSPS) is 11.0. The zero-order valence-corrected chi connectivity index (χ0v) is 14.7. The van der Waals surface area contributed by atoms with Crippen molar-refractivity contribution in [1.29, 1.82) is 0 Å². The summed E-state index contributed by atoms with van der Waals surface area (Å²) >= 11 is 1.56. The highest BCUT2D eigenvalue weighted by Gasteiger charge is 2.20. The first-order valence-electron chi connectivity index (χ1n) is 8.00. The Kier molecular flexibility index (Phi) is 4.10. The van der Waals surface area contributed by atoms with Crippen LogP contribution < -0.4 is 5.73 Å². The molecule has 0 saturated carbocycles. The summed E-state index contributed by atoms with van der Waals surface area (Å²) in [5, 5.41) is 5.05. The molecule has 4 rings (SSSR count). The molecule has 2 N–H and O–H groups in total. The maximum atomic E-state index is 12.0. The Balaban J connectivity index is 1.83. The molecule has 0 saturated heterocycles. The van der Waals surface area contributed by atoms with Crippen LogP contribution in [0.1, 0.15) is 17.3 Å². The van der Waals surface area contributed by atoms with Gasteiger partial charge in [0.15, 0.2) is 5.82 Å². The van der Waals surface area contributed by atoms with Gasteiger partial charge in [-0.25, -0.2) is 14.8 Å². The van der Waals surface area contributed by atoms with Crippen LogP contribution in [-0.4, -0.2) is 32.3 Å². The average molecular weight is 365 g/mol. The van der Waals surface area contributed by atoms with Gasteiger partial charge >= 0.3 is 5.97 Å². The maximum Gasteiger partial charge on any atom is 0.343 e. The number of hydrogen-bond donors (Lipinski definition) is 1. The van der Waals surface area contributed by atoms with Gasteiger partial charge < -0.3 is 10.5 Å². The van der Waals surface area contributed by atoms with Gasteiger partial charge in [-0.3, -0.25) is 0 Å². The molecule has 0 amide bonds. The number of aromatic nitrogens is 4. The first kappa shape index (κ1) is 16.2. The van der Waals surface area contributed by atoms with Gasteiger partial charge in [-0.2, -0.15) is 9.78 Å². The van der Waals surface area contributed by atoms with Gasteiger partial charge in [0.1, 0.15) is 22.5 Å². The first-order valence-corrected chi connectivity index (χ1v) is 8.81. The summed E-state index contributed by atoms with van der Waals surface area (Å²) < 4.78 is 6.45. The van der Waals surface area contributed by atoms with E-state index in [0.717, 1.165) is 20.7 Å². The second-order valence-electron chi connectivity index (χ2n) is 5.47. The molecule has 8 heteroatoms. The maximum absolute atomic E-state index is 12.0. The Hall–Kier alpha value is -3.26. The molecule has 1 aromatic carbocycles. The Bertz CT molecular complexity index is 1090. The van der Waals surface area contributed by atoms with E-state index in [2.05, 4.69) is 15.1 Å². The largest absolute Gasteiger partial charge is 0.462 e. The molecular weight excluding hydrogens is 350 g/mol. The minimum Gasteiger partial charge on any atom is -0.462 e. The van der Waals surface area contributed by atoms with Crippen LogP contribution in [0.15, 0.2) is 48.9 Å². The number of thiophene rings is 1. The molecule has 3 heterocycles. The number of fused-ring (bicyclic) bond motifs is 1. The lowest BCUT2D eigenvalue weighted by molar-refractivity contribution is 0.0527. The van der Waals surface area contributed by atoms with E-state index in [9.17, 15) is 4.79 Å². The molecule has 0 aliphatic heterocycles. The summed E-state index contributed by atoms with van der Waals surface area (Å²) in [7, 11) is 0. The van der Waals surface area contributed by atoms with Crippen LogP contribution in [0.3, 0.4) is 0 Å². The minimum atomic E-state index is -0.503. The number of nitrogens with zero attached hydrogens (tertiary/aromatic N) is 4. The third kappa shape index (κ3) is 2.70. The number of ether oxygens (including phenoxy) is 1. The third-order valence-corrected chi connectivity index (χ3v) is 4.96. The number of carbonyl (C=O) groups is 1. The summed E-state index contributed by atoms with van der Waals surface area (Å²) in [6.07, 6.45) is 2.86. The van der Waals surface area contributed by atoms with E-state index >= 15 is 0 Å². The van der Waals surface area contributed by atoms with Crippen LogP contribution in [0.2, 0.25) is 0 Å². The number of esters is 1. The van der Waals surface area contributed by atoms with Crippen molar-refractivity contribution in [3.63, 3.8) is 0 Å². The predicted octanol–water partition coefficient (Wildman–Crippen LogP) is 3.30. The number of anilines is 1. The summed E-state index contributed by atoms with van der Waals surface area (Å²) in [5.74, 6) is 0.217. The molecule has 0 fully saturated rings. The van der Waals surface area contributed by atoms with Crippen molar-refractivity contribution in [2.24, 2.45) is 0 Å². The smallest absolute Gasteiger partial charge is 0.343 e. The zero-order valence-electron chi connectivity index (χ0n) is 13.9. The van der Waals surface area contributed by atoms with Crippen LogP contribution in [0, 0.1) is 0 Å². The summed E-state index contributed by atoms with van der Waals surface area (Å²) in [4.78, 5) is 22.5. The fraction of sp³-hybridized carbons (Fsp3) is 0.111. The van der Waals surface area contributed by atoms with Gasteiger partial charge in [0.05, 0.1) is 18.2 Å². The van der Waals surface area contributed by atoms with Crippen LogP contribution >= 0.6 is 11.3 Å². The van der Waals surface area contributed by atoms with Crippen molar-refractivity contribution in [2.45, 2.75) is 6.92 Å². The topological polar surface area (TPSA) is 95.9 Å². The average Bonchev–Trinajstić information content (AvgIpc) is 3.26. The molecule has 0 atom stereocenters. The summed E-state index contributed by atoms with van der Waals surface area (Å²) in [5.41, 5.74) is 7.44. The van der Waals surface area contributed by atoms with E-state index in [4.69, 9.17) is 10.5 Å². The SMILES string of the molecule is CCOC(=O)c1cnn(-c2ncnc3sc(-c4ccccc4)cc23)c1N. The monoisotopic (exact) mass is 365 g/mol. The Morgan fingerprint density at radius 1 is 1.27 bits per heavy atom. The van der Waals surface area contributed by atoms with Gasteiger partial charge in [-0.1, -0.05) is 30.3 Å². The molecule has 0 bridgehead atoms. The number of nitrogens with two attached hydrogens (primary N) is 1. The van der Waals surface area contributed by atoms with Crippen molar-refractivity contribution in [1.82, 2.24) is 19.7 Å². The molecule has 0 aliphatic carbocycles. The highest BCUT2D eigenvalue weighted by atomic mass is 32.1. The quantitative estimate of drug-likeness (QED) is 0.558. The number of benzene rings is 1. The van der Waals surface area contributed by atoms with E-state index in [1.54, 1.807) is 18.3 Å². The van der Waals surface area contributed by atoms with E-state index in [1.165, 1.54) is 17.2 Å². The molecule has 7 nitrogen and oxygen atoms in total. The fourth-order valence-corrected chi connectivity index (χ4v) is 3.65. The van der Waals surface area contributed by atoms with Crippen LogP contribution in [-0.2, 0) is 4.74 Å². The van der Waals surface area contributed by atoms with Gasteiger partial charge in [-0.05, 0) is 18.6 Å². The summed E-state index contributed by atoms with van der Waals surface area (Å²) in [6, 6.07) is 12.0. The molecule has 3 aromatic heterocycles. The van der Waals surface area contributed by atoms with E-state index < -0.39 is 5.97 Å². The second kappa shape index (κ2) is 6.57. The molecule has 130 valence electrons. The molecule has 26 heavy (non-hydrogen) atoms. The second-order valence-corrected chi connectivity index (χ2v) is 6.50. The molecule has 0 spiro atoms. The molecule has 0 aliphatic rings. The predicted molar refractivity (Wildman–Crippen MR) is 100 cm³/mol. The Labute approximate surface area is 153 Å². The van der Waals surface area contributed by atoms with Crippen molar-refractivity contribution in [3.05, 3.63) is 54.5 Å². The number of nitrogen functional groups attached to an aromatic ring is 1. The third-order valence-electron chi connectivity index (χ3n) is 3.87. The van der Waals surface area contributed by atoms with Gasteiger partial charge in [0, 0.05) is 4.88 Å². The van der Waals surface area contributed by atoms with Crippen LogP contribution in [0.5, 0.6) is 0 Å². The minimum absolute atomic E-state index is 0.191. The standard InChI is InChI=1S/C18H15N5O2S/c1-2-25-18(24)13-9-22-23(15(13)19)16-12-8-14(11-6-4-3-5-7-11)26-17(12)21-10-20-16/h3-10H,2,19H2,1H3. The van der Waals surface area contributed by atoms with Crippen LogP contribution in [0.4, 0.5) is 5.82 Å². The molecule has 0 unspecified atom stereocenters. The first-order chi connectivity index (χ1) is 12.7. The van der Waals surface area contributed by atoms with Crippen molar-refractivity contribution < 1.29 is 9.53 Å². The van der Waals surface area contributed by atoms with Crippen LogP contribution in [0.25, 0.3) is 26.5 Å². The van der Waals surface area contributed by atoms with E-state index in [-0.39, 0.29) is 18.0 Å². The highest BCUT2D eigenvalue weighted by molar-refractivity contribution is 7.21. The molecule has 4 aromatic rings. The van der Waals surface area contributed by atoms with Crippen molar-refractivity contribution >= 4 is 33.3 Å². The highest BCUT2D eigenvalue weighted by Crippen LogP contribution is 2.34. The summed E-state index contributed by atoms with van der Waals surface area (Å²) in [6.45, 7) is 2.01. The number of carbonyl (C=O) groups excluding carboxylic acids is 1.